The van der Waals surface area contributed by atoms with E-state index in [-0.39, 0.29) is 11.9 Å². The molecule has 25 heavy (non-hydrogen) atoms. The Morgan fingerprint density at radius 2 is 1.72 bits per heavy atom. The van der Waals surface area contributed by atoms with E-state index in [1.165, 1.54) is 24.9 Å². The number of rotatable bonds is 5. The molecule has 1 aliphatic heterocycles. The summed E-state index contributed by atoms with van der Waals surface area (Å²) in [6.45, 7) is 2.20. The number of carbonyl (C=O) groups is 1. The standard InChI is InChI=1S/C21H27N3O/c1-23(2)20(17-10-5-3-6-11-17)21(25)22-18-12-9-13-19(16-18)24-14-7-4-8-15-24/h3,5-6,9-13,16,20H,4,7-8,14-15H2,1-2H3,(H,22,25). The Kier molecular flexibility index (Phi) is 5.71. The van der Waals surface area contributed by atoms with Crippen LogP contribution in [0.3, 0.4) is 0 Å². The first kappa shape index (κ1) is 17.5. The third-order valence-electron chi connectivity index (χ3n) is 4.71. The van der Waals surface area contributed by atoms with Gasteiger partial charge < -0.3 is 10.2 Å². The lowest BCUT2D eigenvalue weighted by Gasteiger charge is -2.29. The van der Waals surface area contributed by atoms with Gasteiger partial charge in [-0.15, -0.1) is 0 Å². The summed E-state index contributed by atoms with van der Waals surface area (Å²) < 4.78 is 0. The first-order chi connectivity index (χ1) is 12.1. The fourth-order valence-corrected chi connectivity index (χ4v) is 3.46. The fourth-order valence-electron chi connectivity index (χ4n) is 3.46. The lowest BCUT2D eigenvalue weighted by atomic mass is 10.1. The maximum Gasteiger partial charge on any atom is 0.246 e. The first-order valence-electron chi connectivity index (χ1n) is 9.02. The highest BCUT2D eigenvalue weighted by atomic mass is 16.2. The van der Waals surface area contributed by atoms with E-state index in [2.05, 4.69) is 22.3 Å². The predicted octanol–water partition coefficient (Wildman–Crippen LogP) is 3.92. The van der Waals surface area contributed by atoms with Crippen LogP contribution in [0.1, 0.15) is 30.9 Å². The highest BCUT2D eigenvalue weighted by Crippen LogP contribution is 2.25. The van der Waals surface area contributed by atoms with Gasteiger partial charge in [-0.3, -0.25) is 9.69 Å². The molecule has 3 rings (SSSR count). The Morgan fingerprint density at radius 1 is 1.00 bits per heavy atom. The second kappa shape index (κ2) is 8.17. The lowest BCUT2D eigenvalue weighted by Crippen LogP contribution is -2.32. The van der Waals surface area contributed by atoms with Gasteiger partial charge in [-0.05, 0) is 57.1 Å². The van der Waals surface area contributed by atoms with Crippen LogP contribution >= 0.6 is 0 Å². The van der Waals surface area contributed by atoms with E-state index in [0.717, 1.165) is 24.3 Å². The molecule has 132 valence electrons. The minimum Gasteiger partial charge on any atom is -0.371 e. The van der Waals surface area contributed by atoms with Crippen molar-refractivity contribution in [1.82, 2.24) is 4.90 Å². The van der Waals surface area contributed by atoms with Crippen molar-refractivity contribution in [2.24, 2.45) is 0 Å². The minimum absolute atomic E-state index is 0.00741. The molecular weight excluding hydrogens is 310 g/mol. The molecule has 1 amide bonds. The molecule has 1 aliphatic rings. The van der Waals surface area contributed by atoms with Crippen LogP contribution in [0.5, 0.6) is 0 Å². The Balaban J connectivity index is 1.75. The van der Waals surface area contributed by atoms with E-state index in [0.29, 0.717) is 0 Å². The Labute approximate surface area is 150 Å². The molecule has 1 fully saturated rings. The van der Waals surface area contributed by atoms with Gasteiger partial charge in [0.1, 0.15) is 6.04 Å². The molecule has 0 aromatic heterocycles. The number of hydrogen-bond donors (Lipinski definition) is 1. The number of nitrogens with zero attached hydrogens (tertiary/aromatic N) is 2. The van der Waals surface area contributed by atoms with Crippen molar-refractivity contribution < 1.29 is 4.79 Å². The number of amides is 1. The summed E-state index contributed by atoms with van der Waals surface area (Å²) in [4.78, 5) is 17.2. The molecule has 1 unspecified atom stereocenters. The SMILES string of the molecule is CN(C)C(C(=O)Nc1cccc(N2CCCCC2)c1)c1ccccc1. The highest BCUT2D eigenvalue weighted by molar-refractivity contribution is 5.95. The number of benzene rings is 2. The maximum atomic E-state index is 12.9. The molecule has 4 heteroatoms. The maximum absolute atomic E-state index is 12.9. The van der Waals surface area contributed by atoms with Crippen LogP contribution in [-0.4, -0.2) is 38.0 Å². The van der Waals surface area contributed by atoms with Crippen LogP contribution in [0.2, 0.25) is 0 Å². The van der Waals surface area contributed by atoms with Gasteiger partial charge in [0.05, 0.1) is 0 Å². The molecule has 0 spiro atoms. The Morgan fingerprint density at radius 3 is 2.40 bits per heavy atom. The number of piperidine rings is 1. The van der Waals surface area contributed by atoms with Gasteiger partial charge in [0.2, 0.25) is 5.91 Å². The second-order valence-corrected chi connectivity index (χ2v) is 6.86. The average Bonchev–Trinajstić information content (AvgIpc) is 2.63. The highest BCUT2D eigenvalue weighted by Gasteiger charge is 2.23. The lowest BCUT2D eigenvalue weighted by molar-refractivity contribution is -0.120. The van der Waals surface area contributed by atoms with E-state index < -0.39 is 0 Å². The van der Waals surface area contributed by atoms with Crippen molar-refractivity contribution >= 4 is 17.3 Å². The van der Waals surface area contributed by atoms with Crippen molar-refractivity contribution in [2.75, 3.05) is 37.4 Å². The molecule has 0 aliphatic carbocycles. The number of nitrogens with one attached hydrogen (secondary N) is 1. The summed E-state index contributed by atoms with van der Waals surface area (Å²) in [5.74, 6) is -0.00741. The second-order valence-electron chi connectivity index (χ2n) is 6.86. The zero-order chi connectivity index (χ0) is 17.6. The van der Waals surface area contributed by atoms with Gasteiger partial charge in [0, 0.05) is 24.5 Å². The molecule has 2 aromatic rings. The zero-order valence-corrected chi connectivity index (χ0v) is 15.1. The van der Waals surface area contributed by atoms with Crippen LogP contribution in [-0.2, 0) is 4.79 Å². The van der Waals surface area contributed by atoms with Gasteiger partial charge >= 0.3 is 0 Å². The Bertz CT molecular complexity index is 693. The first-order valence-corrected chi connectivity index (χ1v) is 9.02. The van der Waals surface area contributed by atoms with Crippen molar-refractivity contribution in [1.29, 1.82) is 0 Å². The number of carbonyl (C=O) groups excluding carboxylic acids is 1. The van der Waals surface area contributed by atoms with Crippen LogP contribution < -0.4 is 10.2 Å². The molecule has 1 heterocycles. The summed E-state index contributed by atoms with van der Waals surface area (Å²) >= 11 is 0. The van der Waals surface area contributed by atoms with E-state index in [4.69, 9.17) is 0 Å². The number of anilines is 2. The third kappa shape index (κ3) is 4.40. The van der Waals surface area contributed by atoms with Crippen LogP contribution in [0.4, 0.5) is 11.4 Å². The molecule has 1 N–H and O–H groups in total. The van der Waals surface area contributed by atoms with Gasteiger partial charge in [-0.2, -0.15) is 0 Å². The largest absolute Gasteiger partial charge is 0.371 e. The van der Waals surface area contributed by atoms with Crippen LogP contribution in [0.15, 0.2) is 54.6 Å². The van der Waals surface area contributed by atoms with Gasteiger partial charge in [0.25, 0.3) is 0 Å². The summed E-state index contributed by atoms with van der Waals surface area (Å²) in [7, 11) is 3.86. The van der Waals surface area contributed by atoms with E-state index in [1.54, 1.807) is 0 Å². The van der Waals surface area contributed by atoms with Crippen molar-refractivity contribution in [3.05, 3.63) is 60.2 Å². The molecular formula is C21H27N3O. The van der Waals surface area contributed by atoms with Crippen molar-refractivity contribution in [3.8, 4) is 0 Å². The molecule has 0 saturated carbocycles. The number of hydrogen-bond acceptors (Lipinski definition) is 3. The summed E-state index contributed by atoms with van der Waals surface area (Å²) in [6, 6.07) is 17.8. The molecule has 4 nitrogen and oxygen atoms in total. The van der Waals surface area contributed by atoms with Gasteiger partial charge in [-0.1, -0.05) is 36.4 Å². The Hall–Kier alpha value is -2.33. The summed E-state index contributed by atoms with van der Waals surface area (Å²) in [5, 5.41) is 3.09. The average molecular weight is 337 g/mol. The van der Waals surface area contributed by atoms with Gasteiger partial charge in [0.15, 0.2) is 0 Å². The normalized spacial score (nSPS) is 15.9. The molecule has 0 bridgehead atoms. The topological polar surface area (TPSA) is 35.6 Å². The van der Waals surface area contributed by atoms with Crippen molar-refractivity contribution in [3.63, 3.8) is 0 Å². The van der Waals surface area contributed by atoms with Crippen LogP contribution in [0, 0.1) is 0 Å². The van der Waals surface area contributed by atoms with E-state index >= 15 is 0 Å². The predicted molar refractivity (Wildman–Crippen MR) is 104 cm³/mol. The molecule has 2 aromatic carbocycles. The summed E-state index contributed by atoms with van der Waals surface area (Å²) in [5.41, 5.74) is 3.05. The minimum atomic E-state index is -0.306. The monoisotopic (exact) mass is 337 g/mol. The summed E-state index contributed by atoms with van der Waals surface area (Å²) in [6.07, 6.45) is 3.80. The van der Waals surface area contributed by atoms with E-state index in [1.807, 2.05) is 61.5 Å². The molecule has 1 saturated heterocycles. The third-order valence-corrected chi connectivity index (χ3v) is 4.71. The van der Waals surface area contributed by atoms with Crippen molar-refractivity contribution in [2.45, 2.75) is 25.3 Å². The van der Waals surface area contributed by atoms with Crippen LogP contribution in [0.25, 0.3) is 0 Å². The number of likely N-dealkylation sites (N-methyl/N-ethyl adjacent to an activating group) is 1. The quantitative estimate of drug-likeness (QED) is 0.898. The zero-order valence-electron chi connectivity index (χ0n) is 15.1. The smallest absolute Gasteiger partial charge is 0.246 e. The van der Waals surface area contributed by atoms with Gasteiger partial charge in [-0.25, -0.2) is 0 Å². The van der Waals surface area contributed by atoms with E-state index in [9.17, 15) is 4.79 Å². The fraction of sp³-hybridized carbons (Fsp3) is 0.381. The molecule has 1 atom stereocenters. The molecule has 0 radical (unpaired) electrons.